The molecule has 9 heteroatoms. The third-order valence-corrected chi connectivity index (χ3v) is 7.60. The Kier molecular flexibility index (Phi) is 10.4. The summed E-state index contributed by atoms with van der Waals surface area (Å²) in [6.07, 6.45) is 8.65. The first-order valence-electron chi connectivity index (χ1n) is 13.4. The van der Waals surface area contributed by atoms with E-state index < -0.39 is 33.8 Å². The normalized spacial score (nSPS) is 24.9. The molecule has 3 rings (SSSR count). The molecule has 1 aromatic rings. The fourth-order valence-electron chi connectivity index (χ4n) is 5.14. The number of ether oxygens (including phenoxy) is 3. The molecule has 1 aliphatic carbocycles. The van der Waals surface area contributed by atoms with Gasteiger partial charge in [0, 0.05) is 12.6 Å². The minimum absolute atomic E-state index is 0.0737. The molecule has 0 aromatic heterocycles. The maximum Gasteiger partial charge on any atom is 0.410 e. The summed E-state index contributed by atoms with van der Waals surface area (Å²) in [5, 5.41) is 0. The highest BCUT2D eigenvalue weighted by Gasteiger charge is 2.38. The predicted octanol–water partition coefficient (Wildman–Crippen LogP) is 5.00. The molecule has 1 heterocycles. The minimum Gasteiger partial charge on any atom is -0.493 e. The molecule has 1 aromatic carbocycles. The fourth-order valence-corrected chi connectivity index (χ4v) is 5.96. The van der Waals surface area contributed by atoms with E-state index >= 15 is 0 Å². The first kappa shape index (κ1) is 29.5. The van der Waals surface area contributed by atoms with Crippen LogP contribution in [0, 0.1) is 0 Å². The molecule has 1 saturated heterocycles. The third-order valence-electron chi connectivity index (χ3n) is 6.87. The van der Waals surface area contributed by atoms with Crippen LogP contribution in [0.2, 0.25) is 0 Å². The van der Waals surface area contributed by atoms with Crippen molar-refractivity contribution in [1.29, 1.82) is 0 Å². The van der Waals surface area contributed by atoms with Crippen molar-refractivity contribution >= 4 is 16.1 Å². The Labute approximate surface area is 222 Å². The zero-order valence-electron chi connectivity index (χ0n) is 22.8. The number of hydrogen-bond donors (Lipinski definition) is 1. The van der Waals surface area contributed by atoms with Gasteiger partial charge in [0.1, 0.15) is 11.4 Å². The Hall–Kier alpha value is -2.10. The standard InChI is InChI=1S/C28H44N2O6S/c1-6-7-18-34-24-11-8-10-22(19-24)21-13-15-23(16-14-21)35-20-26-25(29-37(5,32)33)12-9-17-30(26)27(31)36-28(2,3)4/h6,8,10-11,19,21,23,25-26,29H,1,7,9,12-18,20H2,2-5H3/t21?,23?,25-,26-/m0/s1. The largest absolute Gasteiger partial charge is 0.493 e. The van der Waals surface area contributed by atoms with Gasteiger partial charge in [-0.05, 0) is 89.3 Å². The van der Waals surface area contributed by atoms with Gasteiger partial charge in [-0.15, -0.1) is 6.58 Å². The fraction of sp³-hybridized carbons (Fsp3) is 0.679. The van der Waals surface area contributed by atoms with E-state index in [4.69, 9.17) is 14.2 Å². The molecule has 2 fully saturated rings. The lowest BCUT2D eigenvalue weighted by atomic mass is 9.82. The summed E-state index contributed by atoms with van der Waals surface area (Å²) >= 11 is 0. The van der Waals surface area contributed by atoms with Gasteiger partial charge >= 0.3 is 6.09 Å². The summed E-state index contributed by atoms with van der Waals surface area (Å²) in [7, 11) is -3.43. The number of benzene rings is 1. The Morgan fingerprint density at radius 3 is 2.57 bits per heavy atom. The number of nitrogens with zero attached hydrogens (tertiary/aromatic N) is 1. The van der Waals surface area contributed by atoms with Gasteiger partial charge in [-0.25, -0.2) is 17.9 Å². The van der Waals surface area contributed by atoms with E-state index in [1.165, 1.54) is 5.56 Å². The van der Waals surface area contributed by atoms with Crippen molar-refractivity contribution in [2.75, 3.05) is 26.0 Å². The molecule has 0 radical (unpaired) electrons. The van der Waals surface area contributed by atoms with Gasteiger partial charge in [0.05, 0.1) is 31.6 Å². The van der Waals surface area contributed by atoms with E-state index in [-0.39, 0.29) is 12.7 Å². The summed E-state index contributed by atoms with van der Waals surface area (Å²) in [4.78, 5) is 14.6. The van der Waals surface area contributed by atoms with Crippen molar-refractivity contribution in [2.24, 2.45) is 0 Å². The molecule has 8 nitrogen and oxygen atoms in total. The molecular weight excluding hydrogens is 492 g/mol. The average molecular weight is 537 g/mol. The number of nitrogens with one attached hydrogen (secondary N) is 1. The van der Waals surface area contributed by atoms with E-state index in [1.54, 1.807) is 4.90 Å². The molecule has 1 saturated carbocycles. The number of carbonyl (C=O) groups excluding carboxylic acids is 1. The smallest absolute Gasteiger partial charge is 0.410 e. The van der Waals surface area contributed by atoms with Gasteiger partial charge in [-0.1, -0.05) is 18.2 Å². The van der Waals surface area contributed by atoms with E-state index in [1.807, 2.05) is 39.0 Å². The number of rotatable bonds is 10. The van der Waals surface area contributed by atoms with E-state index in [9.17, 15) is 13.2 Å². The second-order valence-electron chi connectivity index (χ2n) is 11.2. The lowest BCUT2D eigenvalue weighted by Gasteiger charge is -2.42. The van der Waals surface area contributed by atoms with Crippen molar-refractivity contribution < 1.29 is 27.4 Å². The third kappa shape index (κ3) is 9.61. The Balaban J connectivity index is 1.59. The van der Waals surface area contributed by atoms with Crippen LogP contribution in [0.5, 0.6) is 5.75 Å². The van der Waals surface area contributed by atoms with Gasteiger partial charge < -0.3 is 19.1 Å². The van der Waals surface area contributed by atoms with Gasteiger partial charge in [-0.3, -0.25) is 0 Å². The molecule has 1 amide bonds. The number of piperidine rings is 1. The SMILES string of the molecule is C=CCCOc1cccc(C2CCC(OC[C@H]3[C@@H](NS(C)(=O)=O)CCCN3C(=O)OC(C)(C)C)CC2)c1. The molecule has 208 valence electrons. The molecule has 1 N–H and O–H groups in total. The molecule has 2 aliphatic rings. The molecule has 0 unspecified atom stereocenters. The topological polar surface area (TPSA) is 94.2 Å². The summed E-state index contributed by atoms with van der Waals surface area (Å²) in [5.41, 5.74) is 0.654. The molecule has 1 aliphatic heterocycles. The highest BCUT2D eigenvalue weighted by Crippen LogP contribution is 2.35. The van der Waals surface area contributed by atoms with Crippen molar-refractivity contribution in [1.82, 2.24) is 9.62 Å². The van der Waals surface area contributed by atoms with Crippen LogP contribution >= 0.6 is 0 Å². The van der Waals surface area contributed by atoms with Crippen molar-refractivity contribution in [3.05, 3.63) is 42.5 Å². The predicted molar refractivity (Wildman–Crippen MR) is 145 cm³/mol. The summed E-state index contributed by atoms with van der Waals surface area (Å²) in [5.74, 6) is 1.34. The first-order valence-corrected chi connectivity index (χ1v) is 15.3. The van der Waals surface area contributed by atoms with Gasteiger partial charge in [0.25, 0.3) is 0 Å². The van der Waals surface area contributed by atoms with Crippen LogP contribution in [0.3, 0.4) is 0 Å². The molecular formula is C28H44N2O6S. The Morgan fingerprint density at radius 2 is 1.92 bits per heavy atom. The average Bonchev–Trinajstić information content (AvgIpc) is 2.82. The maximum absolute atomic E-state index is 13.0. The number of sulfonamides is 1. The van der Waals surface area contributed by atoms with Crippen LogP contribution in [0.1, 0.15) is 77.2 Å². The van der Waals surface area contributed by atoms with Crippen molar-refractivity contribution in [3.63, 3.8) is 0 Å². The van der Waals surface area contributed by atoms with Crippen LogP contribution in [0.15, 0.2) is 36.9 Å². The van der Waals surface area contributed by atoms with E-state index in [0.717, 1.165) is 44.1 Å². The van der Waals surface area contributed by atoms with Crippen LogP contribution in [0.25, 0.3) is 0 Å². The van der Waals surface area contributed by atoms with Crippen LogP contribution in [0.4, 0.5) is 4.79 Å². The van der Waals surface area contributed by atoms with E-state index in [2.05, 4.69) is 23.4 Å². The Bertz CT molecular complexity index is 998. The van der Waals surface area contributed by atoms with Crippen LogP contribution < -0.4 is 9.46 Å². The number of likely N-dealkylation sites (tertiary alicyclic amines) is 1. The summed E-state index contributed by atoms with van der Waals surface area (Å²) in [6, 6.07) is 7.51. The van der Waals surface area contributed by atoms with Gasteiger partial charge in [-0.2, -0.15) is 0 Å². The lowest BCUT2D eigenvalue weighted by molar-refractivity contribution is -0.0390. The number of hydrogen-bond acceptors (Lipinski definition) is 6. The molecule has 2 atom stereocenters. The number of carbonyl (C=O) groups is 1. The molecule has 37 heavy (non-hydrogen) atoms. The quantitative estimate of drug-likeness (QED) is 0.334. The van der Waals surface area contributed by atoms with Crippen molar-refractivity contribution in [2.45, 2.75) is 95.4 Å². The van der Waals surface area contributed by atoms with Gasteiger partial charge in [0.15, 0.2) is 0 Å². The number of amides is 1. The van der Waals surface area contributed by atoms with E-state index in [0.29, 0.717) is 31.9 Å². The van der Waals surface area contributed by atoms with Crippen LogP contribution in [-0.4, -0.2) is 69.2 Å². The zero-order chi connectivity index (χ0) is 27.1. The minimum atomic E-state index is -3.43. The van der Waals surface area contributed by atoms with Crippen molar-refractivity contribution in [3.8, 4) is 5.75 Å². The second-order valence-corrected chi connectivity index (χ2v) is 13.0. The first-order chi connectivity index (χ1) is 17.4. The highest BCUT2D eigenvalue weighted by molar-refractivity contribution is 7.88. The molecule has 0 bridgehead atoms. The zero-order valence-corrected chi connectivity index (χ0v) is 23.6. The summed E-state index contributed by atoms with van der Waals surface area (Å²) in [6.45, 7) is 10.6. The lowest BCUT2D eigenvalue weighted by Crippen LogP contribution is -2.59. The van der Waals surface area contributed by atoms with Gasteiger partial charge in [0.2, 0.25) is 10.0 Å². The molecule has 0 spiro atoms. The summed E-state index contributed by atoms with van der Waals surface area (Å²) < 4.78 is 44.5. The van der Waals surface area contributed by atoms with Crippen LogP contribution in [-0.2, 0) is 19.5 Å². The maximum atomic E-state index is 13.0. The Morgan fingerprint density at radius 1 is 1.19 bits per heavy atom. The highest BCUT2D eigenvalue weighted by atomic mass is 32.2. The second kappa shape index (κ2) is 13.1. The monoisotopic (exact) mass is 536 g/mol.